The minimum Gasteiger partial charge on any atom is -0.508 e. The number of carbonyl (C=O) groups is 1. The molecule has 3 N–H and O–H groups in total. The van der Waals surface area contributed by atoms with Crippen molar-refractivity contribution >= 4 is 17.4 Å². The maximum Gasteiger partial charge on any atom is 0.323 e. The van der Waals surface area contributed by atoms with Crippen LogP contribution in [0.4, 0.5) is 16.2 Å². The van der Waals surface area contributed by atoms with Crippen LogP contribution >= 0.6 is 0 Å². The largest absolute Gasteiger partial charge is 0.508 e. The van der Waals surface area contributed by atoms with Gasteiger partial charge < -0.3 is 20.5 Å². The molecule has 0 fully saturated rings. The van der Waals surface area contributed by atoms with Crippen LogP contribution in [0.5, 0.6) is 17.2 Å². The topological polar surface area (TPSA) is 70.6 Å². The number of amides is 2. The average molecular weight is 320 g/mol. The number of phenolic OH excluding ortho intramolecular Hbond substituents is 1. The van der Waals surface area contributed by atoms with Gasteiger partial charge in [0.2, 0.25) is 0 Å². The number of hydrogen-bond acceptors (Lipinski definition) is 3. The first-order valence-electron chi connectivity index (χ1n) is 7.39. The lowest BCUT2D eigenvalue weighted by Crippen LogP contribution is -2.19. The van der Waals surface area contributed by atoms with Gasteiger partial charge in [0.1, 0.15) is 17.2 Å². The zero-order chi connectivity index (χ0) is 16.8. The number of hydrogen-bond donors (Lipinski definition) is 3. The van der Waals surface area contributed by atoms with Gasteiger partial charge in [0.15, 0.2) is 0 Å². The van der Waals surface area contributed by atoms with Crippen molar-refractivity contribution in [3.05, 3.63) is 78.9 Å². The highest BCUT2D eigenvalue weighted by Gasteiger charge is 2.03. The first-order valence-corrected chi connectivity index (χ1v) is 7.39. The molecule has 2 amide bonds. The Morgan fingerprint density at radius 1 is 0.708 bits per heavy atom. The number of rotatable bonds is 4. The maximum atomic E-state index is 11.9. The van der Waals surface area contributed by atoms with Crippen LogP contribution in [0, 0.1) is 0 Å². The van der Waals surface area contributed by atoms with Crippen molar-refractivity contribution in [2.24, 2.45) is 0 Å². The van der Waals surface area contributed by atoms with Crippen molar-refractivity contribution in [1.82, 2.24) is 0 Å². The molecular weight excluding hydrogens is 304 g/mol. The lowest BCUT2D eigenvalue weighted by molar-refractivity contribution is 0.262. The number of para-hydroxylation sites is 1. The molecule has 0 aliphatic rings. The number of ether oxygens (including phenoxy) is 1. The molecule has 0 aliphatic carbocycles. The van der Waals surface area contributed by atoms with Gasteiger partial charge in [0.05, 0.1) is 0 Å². The van der Waals surface area contributed by atoms with Gasteiger partial charge in [-0.2, -0.15) is 0 Å². The van der Waals surface area contributed by atoms with Gasteiger partial charge >= 0.3 is 6.03 Å². The van der Waals surface area contributed by atoms with Crippen molar-refractivity contribution in [3.8, 4) is 17.2 Å². The highest BCUT2D eigenvalue weighted by atomic mass is 16.5. The van der Waals surface area contributed by atoms with E-state index in [9.17, 15) is 9.90 Å². The van der Waals surface area contributed by atoms with E-state index in [1.807, 2.05) is 30.3 Å². The molecule has 5 nitrogen and oxygen atoms in total. The van der Waals surface area contributed by atoms with E-state index >= 15 is 0 Å². The Morgan fingerprint density at radius 3 is 1.79 bits per heavy atom. The number of urea groups is 1. The van der Waals surface area contributed by atoms with Gasteiger partial charge in [-0.05, 0) is 60.7 Å². The molecule has 0 unspecified atom stereocenters. The number of nitrogens with one attached hydrogen (secondary N) is 2. The van der Waals surface area contributed by atoms with Gasteiger partial charge in [-0.25, -0.2) is 4.79 Å². The Bertz CT molecular complexity index is 800. The van der Waals surface area contributed by atoms with E-state index in [1.165, 1.54) is 12.1 Å². The fraction of sp³-hybridized carbons (Fsp3) is 0. The van der Waals surface area contributed by atoms with Gasteiger partial charge in [0, 0.05) is 11.4 Å². The van der Waals surface area contributed by atoms with Crippen molar-refractivity contribution in [3.63, 3.8) is 0 Å². The third kappa shape index (κ3) is 4.27. The summed E-state index contributed by atoms with van der Waals surface area (Å²) in [4.78, 5) is 11.9. The Labute approximate surface area is 139 Å². The smallest absolute Gasteiger partial charge is 0.323 e. The SMILES string of the molecule is O=C(Nc1ccc(O)cc1)Nc1ccc(Oc2ccccc2)cc1. The molecule has 3 aromatic rings. The van der Waals surface area contributed by atoms with Crippen LogP contribution < -0.4 is 15.4 Å². The summed E-state index contributed by atoms with van der Waals surface area (Å²) in [6, 6.07) is 22.4. The molecule has 0 aromatic heterocycles. The third-order valence-electron chi connectivity index (χ3n) is 3.22. The van der Waals surface area contributed by atoms with Crippen molar-refractivity contribution in [2.75, 3.05) is 10.6 Å². The Morgan fingerprint density at radius 2 is 1.21 bits per heavy atom. The molecule has 120 valence electrons. The first kappa shape index (κ1) is 15.4. The Balaban J connectivity index is 1.57. The zero-order valence-corrected chi connectivity index (χ0v) is 12.8. The average Bonchev–Trinajstić information content (AvgIpc) is 2.60. The molecule has 0 aliphatic heterocycles. The van der Waals surface area contributed by atoms with Gasteiger partial charge in [0.25, 0.3) is 0 Å². The van der Waals surface area contributed by atoms with E-state index in [-0.39, 0.29) is 11.8 Å². The summed E-state index contributed by atoms with van der Waals surface area (Å²) in [6.45, 7) is 0. The van der Waals surface area contributed by atoms with Gasteiger partial charge in [-0.3, -0.25) is 0 Å². The summed E-state index contributed by atoms with van der Waals surface area (Å²) in [5.41, 5.74) is 1.24. The molecule has 0 atom stereocenters. The number of carbonyl (C=O) groups excluding carboxylic acids is 1. The molecule has 0 saturated heterocycles. The predicted molar refractivity (Wildman–Crippen MR) is 93.7 cm³/mol. The molecule has 0 heterocycles. The summed E-state index contributed by atoms with van der Waals surface area (Å²) >= 11 is 0. The molecule has 0 radical (unpaired) electrons. The summed E-state index contributed by atoms with van der Waals surface area (Å²) < 4.78 is 5.69. The lowest BCUT2D eigenvalue weighted by atomic mass is 10.3. The fourth-order valence-electron chi connectivity index (χ4n) is 2.07. The second-order valence-corrected chi connectivity index (χ2v) is 5.07. The quantitative estimate of drug-likeness (QED) is 0.603. The molecule has 0 saturated carbocycles. The molecular formula is C19H16N2O3. The van der Waals surface area contributed by atoms with E-state index < -0.39 is 0 Å². The summed E-state index contributed by atoms with van der Waals surface area (Å²) in [7, 11) is 0. The first-order chi connectivity index (χ1) is 11.7. The van der Waals surface area contributed by atoms with Crippen LogP contribution in [0.2, 0.25) is 0 Å². The molecule has 5 heteroatoms. The fourth-order valence-corrected chi connectivity index (χ4v) is 2.07. The van der Waals surface area contributed by atoms with Crippen molar-refractivity contribution < 1.29 is 14.6 Å². The number of benzene rings is 3. The summed E-state index contributed by atoms with van der Waals surface area (Å²) in [6.07, 6.45) is 0. The monoisotopic (exact) mass is 320 g/mol. The number of phenols is 1. The van der Waals surface area contributed by atoms with E-state index in [2.05, 4.69) is 10.6 Å². The summed E-state index contributed by atoms with van der Waals surface area (Å²) in [5, 5.41) is 14.6. The highest BCUT2D eigenvalue weighted by molar-refractivity contribution is 5.99. The minimum atomic E-state index is -0.364. The van der Waals surface area contributed by atoms with Crippen LogP contribution in [0.1, 0.15) is 0 Å². The zero-order valence-electron chi connectivity index (χ0n) is 12.8. The minimum absolute atomic E-state index is 0.148. The van der Waals surface area contributed by atoms with Gasteiger partial charge in [-0.15, -0.1) is 0 Å². The molecule has 0 spiro atoms. The third-order valence-corrected chi connectivity index (χ3v) is 3.22. The second-order valence-electron chi connectivity index (χ2n) is 5.07. The van der Waals surface area contributed by atoms with E-state index in [0.29, 0.717) is 17.1 Å². The van der Waals surface area contributed by atoms with Crippen LogP contribution in [0.15, 0.2) is 78.9 Å². The highest BCUT2D eigenvalue weighted by Crippen LogP contribution is 2.22. The van der Waals surface area contributed by atoms with E-state index in [0.717, 1.165) is 5.75 Å². The Kier molecular flexibility index (Phi) is 4.62. The second kappa shape index (κ2) is 7.19. The lowest BCUT2D eigenvalue weighted by Gasteiger charge is -2.09. The Hall–Kier alpha value is -3.47. The molecule has 24 heavy (non-hydrogen) atoms. The number of anilines is 2. The van der Waals surface area contributed by atoms with Crippen LogP contribution in [-0.4, -0.2) is 11.1 Å². The normalized spacial score (nSPS) is 10.0. The van der Waals surface area contributed by atoms with Gasteiger partial charge in [-0.1, -0.05) is 18.2 Å². The van der Waals surface area contributed by atoms with Crippen LogP contribution in [-0.2, 0) is 0 Å². The molecule has 3 aromatic carbocycles. The van der Waals surface area contributed by atoms with Crippen molar-refractivity contribution in [1.29, 1.82) is 0 Å². The van der Waals surface area contributed by atoms with E-state index in [4.69, 9.17) is 4.74 Å². The van der Waals surface area contributed by atoms with Crippen LogP contribution in [0.25, 0.3) is 0 Å². The summed E-state index contributed by atoms with van der Waals surface area (Å²) in [5.74, 6) is 1.59. The molecule has 0 bridgehead atoms. The standard InChI is InChI=1S/C19H16N2O3/c22-16-10-6-14(7-11-16)20-19(23)21-15-8-12-18(13-9-15)24-17-4-2-1-3-5-17/h1-13,22H,(H2,20,21,23). The van der Waals surface area contributed by atoms with Crippen molar-refractivity contribution in [2.45, 2.75) is 0 Å². The maximum absolute atomic E-state index is 11.9. The van der Waals surface area contributed by atoms with E-state index in [1.54, 1.807) is 36.4 Å². The predicted octanol–water partition coefficient (Wildman–Crippen LogP) is 4.83. The number of aromatic hydroxyl groups is 1. The van der Waals surface area contributed by atoms with Crippen LogP contribution in [0.3, 0.4) is 0 Å². The molecule has 3 rings (SSSR count).